The number of rotatable bonds is 5. The maximum atomic E-state index is 12.7. The molecule has 5 nitrogen and oxygen atoms in total. The summed E-state index contributed by atoms with van der Waals surface area (Å²) in [6.45, 7) is 1.52. The maximum Gasteiger partial charge on any atom is 0.416 e. The molecule has 0 saturated heterocycles. The van der Waals surface area contributed by atoms with Gasteiger partial charge >= 0.3 is 6.18 Å². The second-order valence-electron chi connectivity index (χ2n) is 5.55. The van der Waals surface area contributed by atoms with Crippen LogP contribution in [0, 0.1) is 0 Å². The Hall–Kier alpha value is -2.87. The van der Waals surface area contributed by atoms with E-state index in [2.05, 4.69) is 9.97 Å². The minimum Gasteiger partial charge on any atom is -0.482 e. The molecule has 1 aromatic heterocycles. The maximum absolute atomic E-state index is 12.7. The molecule has 0 saturated carbocycles. The third kappa shape index (κ3) is 4.65. The van der Waals surface area contributed by atoms with Gasteiger partial charge in [-0.05, 0) is 61.0 Å². The highest BCUT2D eigenvalue weighted by molar-refractivity contribution is 6.64. The van der Waals surface area contributed by atoms with Crippen molar-refractivity contribution >= 4 is 27.9 Å². The average molecular weight is 397 g/mol. The van der Waals surface area contributed by atoms with Gasteiger partial charge < -0.3 is 9.47 Å². The molecular weight excluding hydrogens is 385 g/mol. The zero-order valence-electron chi connectivity index (χ0n) is 13.8. The largest absolute Gasteiger partial charge is 0.482 e. The van der Waals surface area contributed by atoms with E-state index in [0.29, 0.717) is 11.5 Å². The molecule has 1 unspecified atom stereocenters. The molecule has 0 aliphatic heterocycles. The minimum absolute atomic E-state index is 0.112. The van der Waals surface area contributed by atoms with Crippen LogP contribution in [-0.2, 0) is 11.0 Å². The normalized spacial score (nSPS) is 12.6. The predicted molar refractivity (Wildman–Crippen MR) is 92.0 cm³/mol. The number of halogens is 4. The predicted octanol–water partition coefficient (Wildman–Crippen LogP) is 4.97. The summed E-state index contributed by atoms with van der Waals surface area (Å²) in [7, 11) is 0. The van der Waals surface area contributed by atoms with Gasteiger partial charge in [-0.3, -0.25) is 4.79 Å². The fourth-order valence-electron chi connectivity index (χ4n) is 2.18. The molecule has 9 heteroatoms. The number of carbonyl (C=O) groups excluding carboxylic acids is 1. The lowest BCUT2D eigenvalue weighted by Gasteiger charge is -2.11. The number of hydrogen-bond acceptors (Lipinski definition) is 5. The molecule has 0 amide bonds. The van der Waals surface area contributed by atoms with Crippen molar-refractivity contribution in [3.63, 3.8) is 0 Å². The van der Waals surface area contributed by atoms with Crippen LogP contribution in [0.5, 0.6) is 17.4 Å². The van der Waals surface area contributed by atoms with Gasteiger partial charge in [0.2, 0.25) is 5.88 Å². The summed E-state index contributed by atoms with van der Waals surface area (Å²) in [6, 6.07) is 9.42. The highest BCUT2D eigenvalue weighted by Crippen LogP contribution is 2.31. The van der Waals surface area contributed by atoms with Crippen LogP contribution < -0.4 is 9.47 Å². The van der Waals surface area contributed by atoms with Crippen molar-refractivity contribution in [3.05, 3.63) is 54.2 Å². The second kappa shape index (κ2) is 7.40. The molecule has 0 fully saturated rings. The molecule has 0 spiro atoms. The van der Waals surface area contributed by atoms with Gasteiger partial charge in [0.25, 0.3) is 5.24 Å². The monoisotopic (exact) mass is 396 g/mol. The molecule has 0 N–H and O–H groups in total. The molecule has 0 aliphatic carbocycles. The average Bonchev–Trinajstić information content (AvgIpc) is 2.62. The van der Waals surface area contributed by atoms with Crippen molar-refractivity contribution in [1.82, 2.24) is 9.97 Å². The van der Waals surface area contributed by atoms with E-state index in [1.807, 2.05) is 0 Å². The van der Waals surface area contributed by atoms with Gasteiger partial charge in [0.05, 0.1) is 22.8 Å². The summed E-state index contributed by atoms with van der Waals surface area (Å²) in [5.41, 5.74) is -0.409. The van der Waals surface area contributed by atoms with Gasteiger partial charge in [-0.1, -0.05) is 0 Å². The summed E-state index contributed by atoms with van der Waals surface area (Å²) < 4.78 is 49.1. The summed E-state index contributed by atoms with van der Waals surface area (Å²) in [4.78, 5) is 19.1. The van der Waals surface area contributed by atoms with E-state index in [-0.39, 0.29) is 16.9 Å². The Labute approximate surface area is 156 Å². The Bertz CT molecular complexity index is 978. The second-order valence-corrected chi connectivity index (χ2v) is 5.92. The van der Waals surface area contributed by atoms with E-state index in [1.165, 1.54) is 19.2 Å². The lowest BCUT2D eigenvalue weighted by atomic mass is 10.2. The van der Waals surface area contributed by atoms with Crippen LogP contribution in [0.4, 0.5) is 13.2 Å². The van der Waals surface area contributed by atoms with Crippen LogP contribution in [0.15, 0.2) is 48.7 Å². The van der Waals surface area contributed by atoms with Gasteiger partial charge in [0, 0.05) is 0 Å². The fourth-order valence-corrected chi connectivity index (χ4v) is 2.22. The molecule has 3 rings (SSSR count). The molecule has 0 radical (unpaired) electrons. The van der Waals surface area contributed by atoms with Crippen LogP contribution in [-0.4, -0.2) is 21.3 Å². The minimum atomic E-state index is -4.44. The molecule has 1 atom stereocenters. The number of carbonyl (C=O) groups is 1. The molecule has 3 aromatic rings. The zero-order chi connectivity index (χ0) is 19.6. The van der Waals surface area contributed by atoms with E-state index >= 15 is 0 Å². The molecule has 0 bridgehead atoms. The smallest absolute Gasteiger partial charge is 0.416 e. The van der Waals surface area contributed by atoms with Gasteiger partial charge in [-0.15, -0.1) is 0 Å². The first kappa shape index (κ1) is 18.9. The number of aromatic nitrogens is 2. The van der Waals surface area contributed by atoms with Gasteiger partial charge in [-0.2, -0.15) is 13.2 Å². The number of hydrogen-bond donors (Lipinski definition) is 0. The molecule has 27 heavy (non-hydrogen) atoms. The fraction of sp³-hybridized carbons (Fsp3) is 0.167. The Morgan fingerprint density at radius 2 is 1.74 bits per heavy atom. The van der Waals surface area contributed by atoms with Crippen molar-refractivity contribution in [1.29, 1.82) is 0 Å². The van der Waals surface area contributed by atoms with Crippen molar-refractivity contribution in [2.24, 2.45) is 0 Å². The van der Waals surface area contributed by atoms with Crippen LogP contribution in [0.2, 0.25) is 0 Å². The Morgan fingerprint density at radius 3 is 2.37 bits per heavy atom. The molecule has 140 valence electrons. The number of nitrogens with zero attached hydrogens (tertiary/aromatic N) is 2. The topological polar surface area (TPSA) is 61.3 Å². The Kier molecular flexibility index (Phi) is 5.18. The number of fused-ring (bicyclic) bond motifs is 1. The first-order valence-corrected chi connectivity index (χ1v) is 8.08. The molecule has 2 aromatic carbocycles. The van der Waals surface area contributed by atoms with Crippen molar-refractivity contribution < 1.29 is 27.4 Å². The van der Waals surface area contributed by atoms with Crippen molar-refractivity contribution in [3.8, 4) is 17.4 Å². The van der Waals surface area contributed by atoms with Gasteiger partial charge in [0.15, 0.2) is 6.10 Å². The van der Waals surface area contributed by atoms with Crippen LogP contribution >= 0.6 is 11.6 Å². The van der Waals surface area contributed by atoms with Crippen LogP contribution in [0.3, 0.4) is 0 Å². The number of alkyl halides is 3. The van der Waals surface area contributed by atoms with E-state index in [0.717, 1.165) is 12.1 Å². The lowest BCUT2D eigenvalue weighted by Crippen LogP contribution is -2.18. The lowest BCUT2D eigenvalue weighted by molar-refractivity contribution is -0.137. The van der Waals surface area contributed by atoms with E-state index < -0.39 is 23.1 Å². The number of benzene rings is 2. The van der Waals surface area contributed by atoms with Crippen molar-refractivity contribution in [2.45, 2.75) is 19.2 Å². The molecule has 1 heterocycles. The van der Waals surface area contributed by atoms with Crippen LogP contribution in [0.25, 0.3) is 11.0 Å². The van der Waals surface area contributed by atoms with E-state index in [4.69, 9.17) is 21.1 Å². The first-order chi connectivity index (χ1) is 12.7. The Morgan fingerprint density at radius 1 is 1.07 bits per heavy atom. The third-order valence-corrected chi connectivity index (χ3v) is 3.83. The van der Waals surface area contributed by atoms with Crippen molar-refractivity contribution in [2.75, 3.05) is 0 Å². The van der Waals surface area contributed by atoms with Crippen LogP contribution in [0.1, 0.15) is 12.5 Å². The standard InChI is InChI=1S/C18H12ClF3N2O3/c1-10(17(19)25)26-12-3-5-13(6-4-12)27-16-9-23-15-8-11(18(20,21)22)2-7-14(15)24-16/h2-10H,1H3. The van der Waals surface area contributed by atoms with Gasteiger partial charge in [-0.25, -0.2) is 9.97 Å². The van der Waals surface area contributed by atoms with E-state index in [1.54, 1.807) is 24.3 Å². The quantitative estimate of drug-likeness (QED) is 0.569. The van der Waals surface area contributed by atoms with Gasteiger partial charge in [0.1, 0.15) is 11.5 Å². The number of ether oxygens (including phenoxy) is 2. The summed E-state index contributed by atoms with van der Waals surface area (Å²) in [5, 5.41) is -0.615. The highest BCUT2D eigenvalue weighted by atomic mass is 35.5. The zero-order valence-corrected chi connectivity index (χ0v) is 14.6. The summed E-state index contributed by atoms with van der Waals surface area (Å²) in [6.07, 6.45) is -3.99. The molecule has 0 aliphatic rings. The first-order valence-electron chi connectivity index (χ1n) is 7.70. The van der Waals surface area contributed by atoms with E-state index in [9.17, 15) is 18.0 Å². The summed E-state index contributed by atoms with van der Waals surface area (Å²) in [5.74, 6) is 0.959. The SMILES string of the molecule is CC(Oc1ccc(Oc2cnc3cc(C(F)(F)F)ccc3n2)cc1)C(=O)Cl. The Balaban J connectivity index is 1.75. The third-order valence-electron chi connectivity index (χ3n) is 3.53. The highest BCUT2D eigenvalue weighted by Gasteiger charge is 2.30. The molecular formula is C18H12ClF3N2O3. The summed E-state index contributed by atoms with van der Waals surface area (Å²) >= 11 is 5.33.